The van der Waals surface area contributed by atoms with Gasteiger partial charge in [-0.05, 0) is 51.4 Å². The number of fused-ring (bicyclic) bond motifs is 1. The Labute approximate surface area is 235 Å². The first-order chi connectivity index (χ1) is 19.1. The molecule has 0 amide bonds. The molecule has 212 valence electrons. The number of hydrogen-bond acceptors (Lipinski definition) is 8. The van der Waals surface area contributed by atoms with Gasteiger partial charge < -0.3 is 4.74 Å². The van der Waals surface area contributed by atoms with Crippen LogP contribution >= 0.6 is 11.3 Å². The van der Waals surface area contributed by atoms with Gasteiger partial charge in [-0.1, -0.05) is 41.7 Å². The van der Waals surface area contributed by atoms with Crippen molar-refractivity contribution in [1.82, 2.24) is 29.2 Å². The van der Waals surface area contributed by atoms with E-state index in [2.05, 4.69) is 19.8 Å². The lowest BCUT2D eigenvalue weighted by Gasteiger charge is -2.17. The predicted octanol–water partition coefficient (Wildman–Crippen LogP) is 5.26. The van der Waals surface area contributed by atoms with E-state index in [0.717, 1.165) is 29.7 Å². The van der Waals surface area contributed by atoms with E-state index in [0.29, 0.717) is 36.5 Å². The summed E-state index contributed by atoms with van der Waals surface area (Å²) in [5.74, 6) is 0.239. The molecule has 0 spiro atoms. The molecule has 0 bridgehead atoms. The maximum atomic E-state index is 13.4. The average Bonchev–Trinajstić information content (AvgIpc) is 3.27. The summed E-state index contributed by atoms with van der Waals surface area (Å²) in [5, 5.41) is 7.33. The van der Waals surface area contributed by atoms with Crippen molar-refractivity contribution in [2.24, 2.45) is 0 Å². The van der Waals surface area contributed by atoms with E-state index >= 15 is 0 Å². The number of imidazole rings is 1. The molecular formula is C27H30F2N6O3S2. The first-order valence-electron chi connectivity index (χ1n) is 12.8. The molecule has 0 aliphatic heterocycles. The number of aromatic nitrogens is 4. The highest BCUT2D eigenvalue weighted by molar-refractivity contribution is 7.89. The molecule has 1 saturated carbocycles. The number of benzene rings is 1. The van der Waals surface area contributed by atoms with Crippen LogP contribution in [0.5, 0.6) is 0 Å². The molecule has 4 aromatic rings. The molecular weight excluding hydrogens is 558 g/mol. The first kappa shape index (κ1) is 28.3. The second kappa shape index (κ2) is 11.3. The third-order valence-electron chi connectivity index (χ3n) is 6.55. The highest BCUT2D eigenvalue weighted by atomic mass is 32.2. The lowest BCUT2D eigenvalue weighted by molar-refractivity contribution is 0.150. The zero-order chi connectivity index (χ0) is 28.5. The summed E-state index contributed by atoms with van der Waals surface area (Å²) in [7, 11) is -1.95. The Morgan fingerprint density at radius 3 is 2.62 bits per heavy atom. The van der Waals surface area contributed by atoms with E-state index in [1.54, 1.807) is 16.5 Å². The largest absolute Gasteiger partial charge is 0.501 e. The van der Waals surface area contributed by atoms with Crippen molar-refractivity contribution in [2.45, 2.75) is 56.6 Å². The van der Waals surface area contributed by atoms with Gasteiger partial charge in [0.2, 0.25) is 10.0 Å². The minimum Gasteiger partial charge on any atom is -0.501 e. The average molecular weight is 589 g/mol. The van der Waals surface area contributed by atoms with Crippen LogP contribution in [0.4, 0.5) is 8.78 Å². The highest BCUT2D eigenvalue weighted by Crippen LogP contribution is 2.37. The fraction of sp³-hybridized carbons (Fsp3) is 0.370. The van der Waals surface area contributed by atoms with Crippen LogP contribution in [-0.4, -0.2) is 52.1 Å². The summed E-state index contributed by atoms with van der Waals surface area (Å²) in [4.78, 5) is 6.90. The lowest BCUT2D eigenvalue weighted by atomic mass is 10.1. The number of hydrogen-bond donors (Lipinski definition) is 1. The molecule has 1 N–H and O–H groups in total. The Morgan fingerprint density at radius 2 is 1.98 bits per heavy atom. The number of pyridine rings is 1. The second-order valence-electron chi connectivity index (χ2n) is 10.1. The molecule has 1 aliphatic rings. The monoisotopic (exact) mass is 588 g/mol. The number of ether oxygens (including phenoxy) is 1. The third kappa shape index (κ3) is 6.22. The smallest absolute Gasteiger partial charge is 0.291 e. The van der Waals surface area contributed by atoms with Crippen LogP contribution in [0.1, 0.15) is 54.9 Å². The molecule has 0 unspecified atom stereocenters. The number of nitrogens with one attached hydrogen (secondary N) is 1. The molecule has 5 rings (SSSR count). The van der Waals surface area contributed by atoms with Crippen molar-refractivity contribution in [3.63, 3.8) is 0 Å². The van der Waals surface area contributed by atoms with Gasteiger partial charge in [-0.2, -0.15) is 0 Å². The molecule has 3 aromatic heterocycles. The number of sulfonamides is 1. The van der Waals surface area contributed by atoms with Crippen LogP contribution in [0.25, 0.3) is 22.4 Å². The normalized spacial score (nSPS) is 15.1. The SMILES string of the molecule is CCO/C=C/c1cc(S(=O)(=O)NC2(C)CC2)cn2c(-c3nnc(C(F)F)s3)nc(CN(C)Cc3ccccc3)c12. The van der Waals surface area contributed by atoms with Crippen LogP contribution in [0.3, 0.4) is 0 Å². The minimum atomic E-state index is -3.90. The lowest BCUT2D eigenvalue weighted by Crippen LogP contribution is -2.34. The summed E-state index contributed by atoms with van der Waals surface area (Å²) < 4.78 is 63.4. The van der Waals surface area contributed by atoms with Gasteiger partial charge in [0.25, 0.3) is 6.43 Å². The fourth-order valence-corrected chi connectivity index (χ4v) is 6.53. The van der Waals surface area contributed by atoms with Gasteiger partial charge in [0.05, 0.1) is 29.0 Å². The van der Waals surface area contributed by atoms with Crippen LogP contribution in [0, 0.1) is 0 Å². The maximum Gasteiger partial charge on any atom is 0.291 e. The van der Waals surface area contributed by atoms with Gasteiger partial charge >= 0.3 is 0 Å². The zero-order valence-electron chi connectivity index (χ0n) is 22.3. The van der Waals surface area contributed by atoms with E-state index in [9.17, 15) is 17.2 Å². The maximum absolute atomic E-state index is 13.4. The Balaban J connectivity index is 1.66. The first-order valence-corrected chi connectivity index (χ1v) is 15.1. The standard InChI is InChI=1S/C27H30F2N6O3S2/c1-4-38-13-10-19-14-20(40(36,37)33-27(2)11-12-27)16-35-22(19)21(17-34(3)15-18-8-6-5-7-9-18)30-24(35)26-32-31-25(39-26)23(28)29/h5-10,13-14,16,23,33H,4,11-12,15,17H2,1-3H3/b13-10+. The molecule has 0 saturated heterocycles. The van der Waals surface area contributed by atoms with Crippen molar-refractivity contribution >= 4 is 33.0 Å². The van der Waals surface area contributed by atoms with Crippen molar-refractivity contribution in [3.05, 3.63) is 70.7 Å². The summed E-state index contributed by atoms with van der Waals surface area (Å²) in [6.07, 6.45) is 3.38. The van der Waals surface area contributed by atoms with Gasteiger partial charge in [0.15, 0.2) is 15.8 Å². The number of nitrogens with zero attached hydrogens (tertiary/aromatic N) is 5. The number of alkyl halides is 2. The molecule has 13 heteroatoms. The van der Waals surface area contributed by atoms with E-state index in [-0.39, 0.29) is 15.7 Å². The Bertz CT molecular complexity index is 1630. The minimum absolute atomic E-state index is 0.0192. The van der Waals surface area contributed by atoms with Crippen LogP contribution in [0.2, 0.25) is 0 Å². The molecule has 1 fully saturated rings. The molecule has 3 heterocycles. The van der Waals surface area contributed by atoms with Gasteiger partial charge in [0, 0.05) is 30.4 Å². The molecule has 9 nitrogen and oxygen atoms in total. The summed E-state index contributed by atoms with van der Waals surface area (Å²) in [6.45, 7) is 5.18. The van der Waals surface area contributed by atoms with Crippen molar-refractivity contribution < 1.29 is 21.9 Å². The topological polar surface area (TPSA) is 102 Å². The number of rotatable bonds is 12. The summed E-state index contributed by atoms with van der Waals surface area (Å²) >= 11 is 0.728. The van der Waals surface area contributed by atoms with Crippen molar-refractivity contribution in [1.29, 1.82) is 0 Å². The second-order valence-corrected chi connectivity index (χ2v) is 12.8. The van der Waals surface area contributed by atoms with Crippen LogP contribution in [0.15, 0.2) is 53.8 Å². The Hall–Kier alpha value is -3.26. The van der Waals surface area contributed by atoms with Crippen molar-refractivity contribution in [2.75, 3.05) is 13.7 Å². The van der Waals surface area contributed by atoms with E-state index < -0.39 is 27.0 Å². The molecule has 1 aliphatic carbocycles. The Morgan fingerprint density at radius 1 is 1.23 bits per heavy atom. The molecule has 40 heavy (non-hydrogen) atoms. The predicted molar refractivity (Wildman–Crippen MR) is 149 cm³/mol. The summed E-state index contributed by atoms with van der Waals surface area (Å²) in [5.41, 5.74) is 2.44. The Kier molecular flexibility index (Phi) is 8.00. The van der Waals surface area contributed by atoms with E-state index in [1.165, 1.54) is 12.5 Å². The zero-order valence-corrected chi connectivity index (χ0v) is 24.0. The quantitative estimate of drug-likeness (QED) is 0.225. The van der Waals surface area contributed by atoms with Gasteiger partial charge in [-0.15, -0.1) is 10.2 Å². The van der Waals surface area contributed by atoms with Gasteiger partial charge in [-0.25, -0.2) is 26.9 Å². The van der Waals surface area contributed by atoms with E-state index in [1.807, 2.05) is 51.2 Å². The summed E-state index contributed by atoms with van der Waals surface area (Å²) in [6, 6.07) is 11.5. The molecule has 1 aromatic carbocycles. The van der Waals surface area contributed by atoms with Crippen LogP contribution in [-0.2, 0) is 27.8 Å². The van der Waals surface area contributed by atoms with Crippen LogP contribution < -0.4 is 4.72 Å². The highest BCUT2D eigenvalue weighted by Gasteiger charge is 2.41. The fourth-order valence-electron chi connectivity index (χ4n) is 4.34. The molecule has 0 atom stereocenters. The van der Waals surface area contributed by atoms with Gasteiger partial charge in [-0.3, -0.25) is 9.30 Å². The number of halogens is 2. The van der Waals surface area contributed by atoms with E-state index in [4.69, 9.17) is 9.72 Å². The third-order valence-corrected chi connectivity index (χ3v) is 9.08. The van der Waals surface area contributed by atoms with Gasteiger partial charge in [0.1, 0.15) is 0 Å². The van der Waals surface area contributed by atoms with Crippen molar-refractivity contribution in [3.8, 4) is 10.8 Å². The molecule has 0 radical (unpaired) electrons.